The van der Waals surface area contributed by atoms with E-state index >= 15 is 0 Å². The van der Waals surface area contributed by atoms with Gasteiger partial charge in [-0.15, -0.1) is 0 Å². The molecule has 0 saturated carbocycles. The zero-order valence-corrected chi connectivity index (χ0v) is 14.8. The van der Waals surface area contributed by atoms with Crippen LogP contribution in [0.2, 0.25) is 0 Å². The van der Waals surface area contributed by atoms with Crippen LogP contribution in [0.4, 0.5) is 11.4 Å². The van der Waals surface area contributed by atoms with Crippen LogP contribution in [-0.2, 0) is 10.0 Å². The number of nitrogens with zero attached hydrogens (tertiary/aromatic N) is 1. The lowest BCUT2D eigenvalue weighted by Crippen LogP contribution is -2.20. The molecule has 0 radical (unpaired) electrons. The van der Waals surface area contributed by atoms with Gasteiger partial charge in [-0.05, 0) is 62.4 Å². The first-order valence-electron chi connectivity index (χ1n) is 8.19. The average Bonchev–Trinajstić information content (AvgIpc) is 3.17. The predicted octanol–water partition coefficient (Wildman–Crippen LogP) is 2.45. The molecule has 1 fully saturated rings. The number of hydrogen-bond donors (Lipinski definition) is 2. The Hall–Kier alpha value is -2.38. The van der Waals surface area contributed by atoms with E-state index in [0.717, 1.165) is 18.8 Å². The van der Waals surface area contributed by atoms with Gasteiger partial charge in [0.15, 0.2) is 0 Å². The molecule has 3 rings (SSSR count). The summed E-state index contributed by atoms with van der Waals surface area (Å²) in [6, 6.07) is 13.6. The van der Waals surface area contributed by atoms with E-state index in [0.29, 0.717) is 11.3 Å². The summed E-state index contributed by atoms with van der Waals surface area (Å²) in [6.45, 7) is 2.14. The molecule has 0 aromatic heterocycles. The fraction of sp³-hybridized carbons (Fsp3) is 0.278. The number of sulfonamides is 1. The molecule has 2 aromatic rings. The summed E-state index contributed by atoms with van der Waals surface area (Å²) < 4.78 is 25.9. The maximum Gasteiger partial charge on any atom is 0.255 e. The standard InChI is InChI=1S/C18H21N3O3S/c1-19-25(23,24)17-6-4-5-14(13-17)18(22)20-15-7-9-16(10-8-15)21-11-2-3-12-21/h4-10,13,19H,2-3,11-12H2,1H3,(H,20,22). The van der Waals surface area contributed by atoms with Gasteiger partial charge >= 0.3 is 0 Å². The highest BCUT2D eigenvalue weighted by molar-refractivity contribution is 7.89. The van der Waals surface area contributed by atoms with Crippen LogP contribution in [0.5, 0.6) is 0 Å². The number of nitrogens with one attached hydrogen (secondary N) is 2. The summed E-state index contributed by atoms with van der Waals surface area (Å²) >= 11 is 0. The van der Waals surface area contributed by atoms with E-state index in [1.165, 1.54) is 32.0 Å². The molecule has 6 nitrogen and oxygen atoms in total. The molecule has 132 valence electrons. The summed E-state index contributed by atoms with van der Waals surface area (Å²) in [5, 5.41) is 2.80. The normalized spacial score (nSPS) is 14.5. The molecule has 25 heavy (non-hydrogen) atoms. The first kappa shape index (κ1) is 17.4. The highest BCUT2D eigenvalue weighted by atomic mass is 32.2. The number of anilines is 2. The summed E-state index contributed by atoms with van der Waals surface area (Å²) in [5.41, 5.74) is 2.12. The Morgan fingerprint density at radius 3 is 2.36 bits per heavy atom. The van der Waals surface area contributed by atoms with Crippen molar-refractivity contribution in [2.75, 3.05) is 30.4 Å². The second-order valence-electron chi connectivity index (χ2n) is 5.93. The van der Waals surface area contributed by atoms with E-state index < -0.39 is 10.0 Å². The third-order valence-electron chi connectivity index (χ3n) is 4.27. The van der Waals surface area contributed by atoms with Gasteiger partial charge < -0.3 is 10.2 Å². The third kappa shape index (κ3) is 4.00. The maximum absolute atomic E-state index is 12.4. The summed E-state index contributed by atoms with van der Waals surface area (Å²) in [4.78, 5) is 14.8. The van der Waals surface area contributed by atoms with Crippen LogP contribution >= 0.6 is 0 Å². The van der Waals surface area contributed by atoms with E-state index in [9.17, 15) is 13.2 Å². The fourth-order valence-corrected chi connectivity index (χ4v) is 3.63. The van der Waals surface area contributed by atoms with Crippen LogP contribution < -0.4 is 14.9 Å². The van der Waals surface area contributed by atoms with Crippen LogP contribution in [0.3, 0.4) is 0 Å². The molecular weight excluding hydrogens is 338 g/mol. The number of amides is 1. The van der Waals surface area contributed by atoms with E-state index in [-0.39, 0.29) is 10.8 Å². The first-order chi connectivity index (χ1) is 12.0. The Bertz CT molecular complexity index is 857. The van der Waals surface area contributed by atoms with E-state index in [1.807, 2.05) is 24.3 Å². The zero-order chi connectivity index (χ0) is 17.9. The number of benzene rings is 2. The molecule has 0 atom stereocenters. The van der Waals surface area contributed by atoms with Crippen LogP contribution in [0.1, 0.15) is 23.2 Å². The van der Waals surface area contributed by atoms with Gasteiger partial charge in [0.25, 0.3) is 5.91 Å². The van der Waals surface area contributed by atoms with Crippen molar-refractivity contribution in [3.8, 4) is 0 Å². The van der Waals surface area contributed by atoms with Gasteiger partial charge in [0.2, 0.25) is 10.0 Å². The van der Waals surface area contributed by atoms with Gasteiger partial charge in [0.05, 0.1) is 4.90 Å². The molecule has 1 aliphatic heterocycles. The SMILES string of the molecule is CNS(=O)(=O)c1cccc(C(=O)Nc2ccc(N3CCCC3)cc2)c1. The fourth-order valence-electron chi connectivity index (χ4n) is 2.86. The predicted molar refractivity (Wildman–Crippen MR) is 98.5 cm³/mol. The topological polar surface area (TPSA) is 78.5 Å². The van der Waals surface area contributed by atoms with Crippen molar-refractivity contribution < 1.29 is 13.2 Å². The highest BCUT2D eigenvalue weighted by Crippen LogP contribution is 2.22. The van der Waals surface area contributed by atoms with Gasteiger partial charge in [0, 0.05) is 30.0 Å². The molecular formula is C18H21N3O3S. The molecule has 2 aromatic carbocycles. The minimum absolute atomic E-state index is 0.0621. The van der Waals surface area contributed by atoms with E-state index in [2.05, 4.69) is 14.9 Å². The van der Waals surface area contributed by atoms with Crippen molar-refractivity contribution in [2.24, 2.45) is 0 Å². The summed E-state index contributed by atoms with van der Waals surface area (Å²) in [6.07, 6.45) is 2.43. The number of carbonyl (C=O) groups is 1. The first-order valence-corrected chi connectivity index (χ1v) is 9.68. The lowest BCUT2D eigenvalue weighted by atomic mass is 10.2. The van der Waals surface area contributed by atoms with Crippen LogP contribution in [0, 0.1) is 0 Å². The molecule has 0 aliphatic carbocycles. The molecule has 0 unspecified atom stereocenters. The minimum atomic E-state index is -3.58. The number of hydrogen-bond acceptors (Lipinski definition) is 4. The molecule has 0 bridgehead atoms. The Balaban J connectivity index is 1.73. The Labute approximate surface area is 147 Å². The van der Waals surface area contributed by atoms with Crippen LogP contribution in [-0.4, -0.2) is 34.5 Å². The third-order valence-corrected chi connectivity index (χ3v) is 5.68. The van der Waals surface area contributed by atoms with E-state index in [1.54, 1.807) is 12.1 Å². The molecule has 7 heteroatoms. The quantitative estimate of drug-likeness (QED) is 0.859. The van der Waals surface area contributed by atoms with Crippen LogP contribution in [0.25, 0.3) is 0 Å². The van der Waals surface area contributed by atoms with Gasteiger partial charge in [0.1, 0.15) is 0 Å². The summed E-state index contributed by atoms with van der Waals surface area (Å²) in [7, 11) is -2.24. The van der Waals surface area contributed by atoms with Crippen molar-refractivity contribution in [1.29, 1.82) is 0 Å². The van der Waals surface area contributed by atoms with Gasteiger partial charge in [-0.1, -0.05) is 6.07 Å². The van der Waals surface area contributed by atoms with Crippen molar-refractivity contribution in [1.82, 2.24) is 4.72 Å². The highest BCUT2D eigenvalue weighted by Gasteiger charge is 2.15. The van der Waals surface area contributed by atoms with Gasteiger partial charge in [-0.3, -0.25) is 4.79 Å². The lowest BCUT2D eigenvalue weighted by molar-refractivity contribution is 0.102. The largest absolute Gasteiger partial charge is 0.372 e. The zero-order valence-electron chi connectivity index (χ0n) is 14.0. The van der Waals surface area contributed by atoms with E-state index in [4.69, 9.17) is 0 Å². The number of carbonyl (C=O) groups excluding carboxylic acids is 1. The van der Waals surface area contributed by atoms with Crippen LogP contribution in [0.15, 0.2) is 53.4 Å². The van der Waals surface area contributed by atoms with Crippen molar-refractivity contribution in [2.45, 2.75) is 17.7 Å². The second kappa shape index (κ2) is 7.25. The van der Waals surface area contributed by atoms with Crippen molar-refractivity contribution in [3.63, 3.8) is 0 Å². The molecule has 1 aliphatic rings. The average molecular weight is 359 g/mol. The van der Waals surface area contributed by atoms with Gasteiger partial charge in [-0.25, -0.2) is 13.1 Å². The second-order valence-corrected chi connectivity index (χ2v) is 7.82. The molecule has 2 N–H and O–H groups in total. The van der Waals surface area contributed by atoms with Gasteiger partial charge in [-0.2, -0.15) is 0 Å². The Morgan fingerprint density at radius 1 is 1.04 bits per heavy atom. The monoisotopic (exact) mass is 359 g/mol. The Kier molecular flexibility index (Phi) is 5.06. The smallest absolute Gasteiger partial charge is 0.255 e. The number of rotatable bonds is 5. The molecule has 1 amide bonds. The maximum atomic E-state index is 12.4. The minimum Gasteiger partial charge on any atom is -0.372 e. The van der Waals surface area contributed by atoms with Crippen molar-refractivity contribution >= 4 is 27.3 Å². The lowest BCUT2D eigenvalue weighted by Gasteiger charge is -2.17. The Morgan fingerprint density at radius 2 is 1.72 bits per heavy atom. The molecule has 0 spiro atoms. The van der Waals surface area contributed by atoms with Crippen molar-refractivity contribution in [3.05, 3.63) is 54.1 Å². The summed E-state index contributed by atoms with van der Waals surface area (Å²) in [5.74, 6) is -0.345. The molecule has 1 saturated heterocycles. The molecule has 1 heterocycles.